The molecule has 0 heterocycles. The maximum atomic E-state index is 10.5. The third-order valence-corrected chi connectivity index (χ3v) is 2.05. The summed E-state index contributed by atoms with van der Waals surface area (Å²) in [4.78, 5) is 20.3. The minimum atomic E-state index is -0.907. The molecule has 0 fully saturated rings. The lowest BCUT2D eigenvalue weighted by atomic mass is 10.1. The molecule has 1 aromatic carbocycles. The Morgan fingerprint density at radius 3 is 2.75 bits per heavy atom. The van der Waals surface area contributed by atoms with Crippen molar-refractivity contribution in [2.24, 2.45) is 0 Å². The first-order chi connectivity index (χ1) is 7.50. The van der Waals surface area contributed by atoms with Gasteiger partial charge in [0.25, 0.3) is 5.69 Å². The monoisotopic (exact) mass is 221 g/mol. The highest BCUT2D eigenvalue weighted by atomic mass is 16.6. The first-order valence-corrected chi connectivity index (χ1v) is 4.64. The van der Waals surface area contributed by atoms with Gasteiger partial charge in [0.05, 0.1) is 11.3 Å². The van der Waals surface area contributed by atoms with Gasteiger partial charge in [-0.25, -0.2) is 0 Å². The highest BCUT2D eigenvalue weighted by Gasteiger charge is 2.06. The molecule has 0 amide bonds. The number of nitro groups is 1. The second-order valence-corrected chi connectivity index (χ2v) is 3.30. The number of benzene rings is 1. The number of carboxylic acid groups (broad SMARTS) is 1. The maximum absolute atomic E-state index is 10.5. The summed E-state index contributed by atoms with van der Waals surface area (Å²) in [6, 6.07) is 4.46. The van der Waals surface area contributed by atoms with E-state index in [2.05, 4.69) is 0 Å². The maximum Gasteiger partial charge on any atom is 0.307 e. The van der Waals surface area contributed by atoms with Crippen LogP contribution in [0.3, 0.4) is 0 Å². The number of hydrogen-bond acceptors (Lipinski definition) is 3. The molecule has 0 unspecified atom stereocenters. The van der Waals surface area contributed by atoms with E-state index in [1.807, 2.05) is 0 Å². The van der Waals surface area contributed by atoms with Crippen LogP contribution in [-0.2, 0) is 4.79 Å². The summed E-state index contributed by atoms with van der Waals surface area (Å²) >= 11 is 0. The molecule has 0 spiro atoms. The van der Waals surface area contributed by atoms with Crippen LogP contribution < -0.4 is 0 Å². The molecule has 0 saturated carbocycles. The van der Waals surface area contributed by atoms with Crippen molar-refractivity contribution >= 4 is 17.7 Å². The Bertz CT molecular complexity index is 451. The van der Waals surface area contributed by atoms with Crippen LogP contribution in [0.15, 0.2) is 24.3 Å². The zero-order valence-corrected chi connectivity index (χ0v) is 8.71. The molecular formula is C11H11NO4. The van der Waals surface area contributed by atoms with E-state index in [9.17, 15) is 14.9 Å². The number of aliphatic carboxylic acids is 1. The molecular weight excluding hydrogens is 210 g/mol. The van der Waals surface area contributed by atoms with Gasteiger partial charge in [-0.1, -0.05) is 12.2 Å². The lowest BCUT2D eigenvalue weighted by molar-refractivity contribution is -0.384. The van der Waals surface area contributed by atoms with Crippen LogP contribution in [0.5, 0.6) is 0 Å². The van der Waals surface area contributed by atoms with Gasteiger partial charge in [0, 0.05) is 12.1 Å². The fourth-order valence-corrected chi connectivity index (χ4v) is 1.25. The number of carbonyl (C=O) groups is 1. The van der Waals surface area contributed by atoms with E-state index >= 15 is 0 Å². The summed E-state index contributed by atoms with van der Waals surface area (Å²) < 4.78 is 0. The van der Waals surface area contributed by atoms with Crippen molar-refractivity contribution in [1.29, 1.82) is 0 Å². The average molecular weight is 221 g/mol. The fraction of sp³-hybridized carbons (Fsp3) is 0.182. The van der Waals surface area contributed by atoms with Crippen LogP contribution in [0.25, 0.3) is 6.08 Å². The Hall–Kier alpha value is -2.17. The molecule has 0 atom stereocenters. The van der Waals surface area contributed by atoms with Crippen LogP contribution in [0.1, 0.15) is 17.5 Å². The molecule has 84 valence electrons. The highest BCUT2D eigenvalue weighted by molar-refractivity contribution is 5.70. The number of aryl methyl sites for hydroxylation is 1. The van der Waals surface area contributed by atoms with Gasteiger partial charge in [0.1, 0.15) is 0 Å². The Morgan fingerprint density at radius 1 is 1.56 bits per heavy atom. The Morgan fingerprint density at radius 2 is 2.25 bits per heavy atom. The molecule has 0 radical (unpaired) electrons. The molecule has 0 aliphatic rings. The largest absolute Gasteiger partial charge is 0.481 e. The molecule has 0 aliphatic carbocycles. The van der Waals surface area contributed by atoms with Gasteiger partial charge in [-0.15, -0.1) is 0 Å². The van der Waals surface area contributed by atoms with E-state index < -0.39 is 10.9 Å². The Kier molecular flexibility index (Phi) is 3.77. The summed E-state index contributed by atoms with van der Waals surface area (Å²) in [7, 11) is 0. The molecule has 1 aromatic rings. The Balaban J connectivity index is 2.87. The van der Waals surface area contributed by atoms with Crippen LogP contribution in [0.2, 0.25) is 0 Å². The van der Waals surface area contributed by atoms with Gasteiger partial charge in [0.15, 0.2) is 0 Å². The SMILES string of the molecule is Cc1cc([N+](=O)[O-])ccc1C=CCC(=O)O. The topological polar surface area (TPSA) is 80.4 Å². The fourth-order valence-electron chi connectivity index (χ4n) is 1.25. The molecule has 1 N–H and O–H groups in total. The minimum absolute atomic E-state index is 0.0351. The summed E-state index contributed by atoms with van der Waals surface area (Å²) in [5.41, 5.74) is 1.57. The Labute approximate surface area is 92.2 Å². The van der Waals surface area contributed by atoms with Crippen LogP contribution in [0.4, 0.5) is 5.69 Å². The second-order valence-electron chi connectivity index (χ2n) is 3.30. The van der Waals surface area contributed by atoms with Gasteiger partial charge in [-0.2, -0.15) is 0 Å². The van der Waals surface area contributed by atoms with E-state index in [-0.39, 0.29) is 12.1 Å². The zero-order chi connectivity index (χ0) is 12.1. The normalized spacial score (nSPS) is 10.6. The number of rotatable bonds is 4. The minimum Gasteiger partial charge on any atom is -0.481 e. The van der Waals surface area contributed by atoms with E-state index in [1.54, 1.807) is 19.1 Å². The van der Waals surface area contributed by atoms with Gasteiger partial charge in [-0.3, -0.25) is 14.9 Å². The van der Waals surface area contributed by atoms with E-state index in [0.29, 0.717) is 0 Å². The quantitative estimate of drug-likeness (QED) is 0.625. The molecule has 5 heteroatoms. The lowest BCUT2D eigenvalue weighted by Crippen LogP contribution is -1.91. The molecule has 0 saturated heterocycles. The summed E-state index contributed by atoms with van der Waals surface area (Å²) in [6.45, 7) is 1.74. The second kappa shape index (κ2) is 5.06. The van der Waals surface area contributed by atoms with Crippen LogP contribution >= 0.6 is 0 Å². The number of hydrogen-bond donors (Lipinski definition) is 1. The van der Waals surface area contributed by atoms with Crippen LogP contribution in [-0.4, -0.2) is 16.0 Å². The molecule has 16 heavy (non-hydrogen) atoms. The number of nitro benzene ring substituents is 1. The first kappa shape index (κ1) is 11.9. The molecule has 0 bridgehead atoms. The third kappa shape index (κ3) is 3.20. The van der Waals surface area contributed by atoms with Gasteiger partial charge in [-0.05, 0) is 24.1 Å². The van der Waals surface area contributed by atoms with Crippen molar-refractivity contribution in [2.45, 2.75) is 13.3 Å². The predicted octanol–water partition coefficient (Wildman–Crippen LogP) is 2.39. The highest BCUT2D eigenvalue weighted by Crippen LogP contribution is 2.18. The average Bonchev–Trinajstić information content (AvgIpc) is 2.19. The van der Waals surface area contributed by atoms with E-state index in [0.717, 1.165) is 11.1 Å². The number of nitrogens with zero attached hydrogens (tertiary/aromatic N) is 1. The first-order valence-electron chi connectivity index (χ1n) is 4.64. The zero-order valence-electron chi connectivity index (χ0n) is 8.71. The smallest absolute Gasteiger partial charge is 0.307 e. The van der Waals surface area contributed by atoms with E-state index in [1.165, 1.54) is 18.2 Å². The van der Waals surface area contributed by atoms with Crippen molar-refractivity contribution in [2.75, 3.05) is 0 Å². The van der Waals surface area contributed by atoms with Crippen molar-refractivity contribution in [3.05, 3.63) is 45.5 Å². The van der Waals surface area contributed by atoms with Crippen molar-refractivity contribution < 1.29 is 14.8 Å². The van der Waals surface area contributed by atoms with Crippen LogP contribution in [0, 0.1) is 17.0 Å². The summed E-state index contributed by atoms with van der Waals surface area (Å²) in [6.07, 6.45) is 3.10. The van der Waals surface area contributed by atoms with Crippen molar-refractivity contribution in [1.82, 2.24) is 0 Å². The lowest BCUT2D eigenvalue weighted by Gasteiger charge is -1.99. The number of non-ortho nitro benzene ring substituents is 1. The third-order valence-electron chi connectivity index (χ3n) is 2.05. The van der Waals surface area contributed by atoms with E-state index in [4.69, 9.17) is 5.11 Å². The molecule has 1 rings (SSSR count). The van der Waals surface area contributed by atoms with Gasteiger partial charge in [0.2, 0.25) is 0 Å². The summed E-state index contributed by atoms with van der Waals surface area (Å²) in [5.74, 6) is -0.907. The number of carboxylic acids is 1. The van der Waals surface area contributed by atoms with Gasteiger partial charge >= 0.3 is 5.97 Å². The summed E-state index contributed by atoms with van der Waals surface area (Å²) in [5, 5.41) is 18.9. The van der Waals surface area contributed by atoms with Crippen molar-refractivity contribution in [3.63, 3.8) is 0 Å². The predicted molar refractivity (Wildman–Crippen MR) is 59.1 cm³/mol. The van der Waals surface area contributed by atoms with Crippen molar-refractivity contribution in [3.8, 4) is 0 Å². The molecule has 5 nitrogen and oxygen atoms in total. The molecule has 0 aromatic heterocycles. The van der Waals surface area contributed by atoms with Gasteiger partial charge < -0.3 is 5.11 Å². The standard InChI is InChI=1S/C11H11NO4/c1-8-7-10(12(15)16)6-5-9(8)3-2-4-11(13)14/h2-3,5-7H,4H2,1H3,(H,13,14). The molecule has 0 aliphatic heterocycles.